The van der Waals surface area contributed by atoms with Gasteiger partial charge in [0.15, 0.2) is 6.10 Å². The SMILES string of the molecule is Cc1cc(C(=O)O[C@H](C)C(=O)NCCC2=CCCCC2)c(C)o1. The van der Waals surface area contributed by atoms with E-state index in [1.54, 1.807) is 26.8 Å². The topological polar surface area (TPSA) is 68.5 Å². The number of nitrogens with one attached hydrogen (secondary N) is 1. The van der Waals surface area contributed by atoms with Crippen molar-refractivity contribution in [2.45, 2.75) is 59.0 Å². The van der Waals surface area contributed by atoms with Crippen LogP contribution in [0.2, 0.25) is 0 Å². The van der Waals surface area contributed by atoms with Crippen LogP contribution in [0.4, 0.5) is 0 Å². The van der Waals surface area contributed by atoms with E-state index in [1.807, 2.05) is 0 Å². The van der Waals surface area contributed by atoms with E-state index >= 15 is 0 Å². The summed E-state index contributed by atoms with van der Waals surface area (Å²) >= 11 is 0. The van der Waals surface area contributed by atoms with Gasteiger partial charge in [0.1, 0.15) is 17.1 Å². The first kappa shape index (κ1) is 17.3. The van der Waals surface area contributed by atoms with Crippen molar-refractivity contribution in [1.29, 1.82) is 0 Å². The smallest absolute Gasteiger partial charge is 0.342 e. The maximum absolute atomic E-state index is 12.0. The minimum atomic E-state index is -0.822. The summed E-state index contributed by atoms with van der Waals surface area (Å²) in [4.78, 5) is 24.1. The van der Waals surface area contributed by atoms with Crippen LogP contribution in [0.1, 0.15) is 60.9 Å². The first-order valence-corrected chi connectivity index (χ1v) is 8.21. The molecule has 0 saturated carbocycles. The van der Waals surface area contributed by atoms with E-state index in [4.69, 9.17) is 9.15 Å². The Morgan fingerprint density at radius 1 is 1.35 bits per heavy atom. The van der Waals surface area contributed by atoms with Crippen LogP contribution in [-0.4, -0.2) is 24.5 Å². The predicted molar refractivity (Wildman–Crippen MR) is 87.2 cm³/mol. The lowest BCUT2D eigenvalue weighted by molar-refractivity contribution is -0.129. The lowest BCUT2D eigenvalue weighted by Gasteiger charge is -2.15. The molecule has 1 aromatic rings. The molecule has 0 aromatic carbocycles. The van der Waals surface area contributed by atoms with Crippen LogP contribution in [-0.2, 0) is 9.53 Å². The molecule has 0 radical (unpaired) electrons. The van der Waals surface area contributed by atoms with Gasteiger partial charge < -0.3 is 14.5 Å². The Bertz CT molecular complexity index is 600. The molecule has 1 heterocycles. The molecule has 0 saturated heterocycles. The van der Waals surface area contributed by atoms with Gasteiger partial charge in [-0.15, -0.1) is 0 Å². The molecule has 0 aliphatic heterocycles. The van der Waals surface area contributed by atoms with Crippen molar-refractivity contribution in [3.63, 3.8) is 0 Å². The van der Waals surface area contributed by atoms with Crippen molar-refractivity contribution in [3.8, 4) is 0 Å². The van der Waals surface area contributed by atoms with Crippen molar-refractivity contribution >= 4 is 11.9 Å². The monoisotopic (exact) mass is 319 g/mol. The molecule has 5 nitrogen and oxygen atoms in total. The third kappa shape index (κ3) is 4.98. The second kappa shape index (κ2) is 7.99. The summed E-state index contributed by atoms with van der Waals surface area (Å²) < 4.78 is 10.5. The van der Waals surface area contributed by atoms with Gasteiger partial charge in [-0.05, 0) is 58.9 Å². The number of hydrogen-bond acceptors (Lipinski definition) is 4. The zero-order valence-electron chi connectivity index (χ0n) is 14.1. The zero-order chi connectivity index (χ0) is 16.8. The highest BCUT2D eigenvalue weighted by atomic mass is 16.5. The number of aryl methyl sites for hydroxylation is 2. The van der Waals surface area contributed by atoms with E-state index in [1.165, 1.54) is 18.4 Å². The standard InChI is InChI=1S/C18H25NO4/c1-12-11-16(13(2)22-12)18(21)23-14(3)17(20)19-10-9-15-7-5-4-6-8-15/h7,11,14H,4-6,8-10H2,1-3H3,(H,19,20)/t14-/m1/s1. The molecular weight excluding hydrogens is 294 g/mol. The number of carbonyl (C=O) groups excluding carboxylic acids is 2. The van der Waals surface area contributed by atoms with E-state index < -0.39 is 12.1 Å². The van der Waals surface area contributed by atoms with E-state index in [9.17, 15) is 9.59 Å². The third-order valence-corrected chi connectivity index (χ3v) is 4.04. The normalized spacial score (nSPS) is 15.7. The van der Waals surface area contributed by atoms with E-state index in [2.05, 4.69) is 11.4 Å². The van der Waals surface area contributed by atoms with Crippen LogP contribution in [0.15, 0.2) is 22.1 Å². The average molecular weight is 319 g/mol. The molecular formula is C18H25NO4. The number of allylic oxidation sites excluding steroid dienone is 1. The second-order valence-electron chi connectivity index (χ2n) is 6.02. The summed E-state index contributed by atoms with van der Waals surface area (Å²) in [6.45, 7) is 5.62. The zero-order valence-corrected chi connectivity index (χ0v) is 14.1. The Morgan fingerprint density at radius 3 is 2.74 bits per heavy atom. The van der Waals surface area contributed by atoms with Crippen LogP contribution < -0.4 is 5.32 Å². The molecule has 0 unspecified atom stereocenters. The molecule has 2 rings (SSSR count). The van der Waals surface area contributed by atoms with Gasteiger partial charge in [-0.25, -0.2) is 4.79 Å². The van der Waals surface area contributed by atoms with Gasteiger partial charge in [0, 0.05) is 6.54 Å². The van der Waals surface area contributed by atoms with Gasteiger partial charge in [-0.1, -0.05) is 11.6 Å². The molecule has 0 fully saturated rings. The quantitative estimate of drug-likeness (QED) is 0.644. The van der Waals surface area contributed by atoms with Crippen LogP contribution in [0.25, 0.3) is 0 Å². The highest BCUT2D eigenvalue weighted by Crippen LogP contribution is 2.19. The highest BCUT2D eigenvalue weighted by Gasteiger charge is 2.21. The summed E-state index contributed by atoms with van der Waals surface area (Å²) in [6.07, 6.45) is 7.07. The summed E-state index contributed by atoms with van der Waals surface area (Å²) in [5, 5.41) is 2.83. The van der Waals surface area contributed by atoms with Gasteiger partial charge in [0.05, 0.1) is 0 Å². The first-order valence-electron chi connectivity index (χ1n) is 8.21. The second-order valence-corrected chi connectivity index (χ2v) is 6.02. The Morgan fingerprint density at radius 2 is 2.13 bits per heavy atom. The van der Waals surface area contributed by atoms with Crippen molar-refractivity contribution in [3.05, 3.63) is 34.8 Å². The van der Waals surface area contributed by atoms with Crippen molar-refractivity contribution in [2.24, 2.45) is 0 Å². The summed E-state index contributed by atoms with van der Waals surface area (Å²) in [5.41, 5.74) is 1.78. The first-order chi connectivity index (χ1) is 11.0. The van der Waals surface area contributed by atoms with Crippen LogP contribution in [0, 0.1) is 13.8 Å². The van der Waals surface area contributed by atoms with Crippen LogP contribution in [0.3, 0.4) is 0 Å². The molecule has 0 bridgehead atoms. The molecule has 1 N–H and O–H groups in total. The molecule has 1 aliphatic carbocycles. The van der Waals surface area contributed by atoms with E-state index in [0.717, 1.165) is 19.3 Å². The molecule has 0 spiro atoms. The largest absolute Gasteiger partial charge is 0.466 e. The van der Waals surface area contributed by atoms with Crippen LogP contribution >= 0.6 is 0 Å². The van der Waals surface area contributed by atoms with E-state index in [-0.39, 0.29) is 5.91 Å². The maximum Gasteiger partial charge on any atom is 0.342 e. The van der Waals surface area contributed by atoms with E-state index in [0.29, 0.717) is 23.6 Å². The Labute approximate surface area is 137 Å². The number of amides is 1. The predicted octanol–water partition coefficient (Wildman–Crippen LogP) is 3.45. The lowest BCUT2D eigenvalue weighted by Crippen LogP contribution is -2.36. The lowest BCUT2D eigenvalue weighted by atomic mass is 9.97. The molecule has 1 atom stereocenters. The van der Waals surface area contributed by atoms with Crippen molar-refractivity contribution in [1.82, 2.24) is 5.32 Å². The number of rotatable bonds is 6. The molecule has 5 heteroatoms. The molecule has 1 amide bonds. The summed E-state index contributed by atoms with van der Waals surface area (Å²) in [5.74, 6) is 0.348. The molecule has 1 aliphatic rings. The fourth-order valence-electron chi connectivity index (χ4n) is 2.73. The summed E-state index contributed by atoms with van der Waals surface area (Å²) in [7, 11) is 0. The van der Waals surface area contributed by atoms with Crippen LogP contribution in [0.5, 0.6) is 0 Å². The number of ether oxygens (including phenoxy) is 1. The number of esters is 1. The van der Waals surface area contributed by atoms with Crippen molar-refractivity contribution < 1.29 is 18.7 Å². The average Bonchev–Trinajstić information content (AvgIpc) is 2.87. The number of furan rings is 1. The minimum absolute atomic E-state index is 0.271. The van der Waals surface area contributed by atoms with Gasteiger partial charge in [0.2, 0.25) is 0 Å². The Hall–Kier alpha value is -2.04. The number of hydrogen-bond donors (Lipinski definition) is 1. The Balaban J connectivity index is 1.77. The number of carbonyl (C=O) groups is 2. The minimum Gasteiger partial charge on any atom is -0.466 e. The van der Waals surface area contributed by atoms with Gasteiger partial charge in [-0.3, -0.25) is 4.79 Å². The van der Waals surface area contributed by atoms with Gasteiger partial charge >= 0.3 is 5.97 Å². The fourth-order valence-corrected chi connectivity index (χ4v) is 2.73. The molecule has 126 valence electrons. The van der Waals surface area contributed by atoms with Crippen molar-refractivity contribution in [2.75, 3.05) is 6.54 Å². The molecule has 1 aromatic heterocycles. The molecule has 23 heavy (non-hydrogen) atoms. The highest BCUT2D eigenvalue weighted by molar-refractivity contribution is 5.93. The maximum atomic E-state index is 12.0. The van der Waals surface area contributed by atoms with Gasteiger partial charge in [-0.2, -0.15) is 0 Å². The summed E-state index contributed by atoms with van der Waals surface area (Å²) in [6, 6.07) is 1.62. The van der Waals surface area contributed by atoms with Gasteiger partial charge in [0.25, 0.3) is 5.91 Å². The third-order valence-electron chi connectivity index (χ3n) is 4.04. The Kier molecular flexibility index (Phi) is 6.02. The fraction of sp³-hybridized carbons (Fsp3) is 0.556.